The molecule has 2 atom stereocenters. The van der Waals surface area contributed by atoms with Gasteiger partial charge in [-0.15, -0.1) is 0 Å². The van der Waals surface area contributed by atoms with E-state index in [9.17, 15) is 14.9 Å². The van der Waals surface area contributed by atoms with Crippen LogP contribution in [0.15, 0.2) is 59.3 Å². The molecule has 0 aromatic heterocycles. The van der Waals surface area contributed by atoms with Crippen molar-refractivity contribution in [2.24, 2.45) is 11.0 Å². The molecule has 0 bridgehead atoms. The van der Waals surface area contributed by atoms with Gasteiger partial charge in [-0.2, -0.15) is 5.10 Å². The molecule has 154 valence electrons. The number of aryl methyl sites for hydroxylation is 1. The fourth-order valence-electron chi connectivity index (χ4n) is 4.44. The molecule has 0 spiro atoms. The number of hydrogen-bond donors (Lipinski definition) is 0. The molecule has 1 heterocycles. The summed E-state index contributed by atoms with van der Waals surface area (Å²) in [5, 5.41) is 18.1. The van der Waals surface area contributed by atoms with Crippen LogP contribution in [0.1, 0.15) is 43.0 Å². The smallest absolute Gasteiger partial charge is 0.269 e. The summed E-state index contributed by atoms with van der Waals surface area (Å²) in [7, 11) is 1.65. The minimum atomic E-state index is -0.384. The molecule has 1 aliphatic heterocycles. The van der Waals surface area contributed by atoms with Crippen molar-refractivity contribution >= 4 is 17.2 Å². The zero-order valence-corrected chi connectivity index (χ0v) is 17.2. The molecule has 0 N–H and O–H groups in total. The Balaban J connectivity index is 1.83. The van der Waals surface area contributed by atoms with Crippen molar-refractivity contribution in [2.75, 3.05) is 7.11 Å². The topological polar surface area (TPSA) is 85.0 Å². The number of fused-ring (bicyclic) bond motifs is 3. The van der Waals surface area contributed by atoms with Crippen molar-refractivity contribution in [1.29, 1.82) is 0 Å². The van der Waals surface area contributed by atoms with Crippen molar-refractivity contribution in [3.8, 4) is 5.75 Å². The summed E-state index contributed by atoms with van der Waals surface area (Å²) in [6, 6.07) is 12.5. The summed E-state index contributed by atoms with van der Waals surface area (Å²) in [5.74, 6) is 0.819. The fraction of sp³-hybridized carbons (Fsp3) is 0.304. The van der Waals surface area contributed by atoms with Gasteiger partial charge in [-0.05, 0) is 56.0 Å². The average Bonchev–Trinajstić information content (AvgIpc) is 3.13. The number of carbonyl (C=O) groups is 1. The first-order chi connectivity index (χ1) is 14.4. The molecule has 4 rings (SSSR count). The lowest BCUT2D eigenvalue weighted by atomic mass is 9.77. The highest BCUT2D eigenvalue weighted by Crippen LogP contribution is 2.45. The Bertz CT molecular complexity index is 1090. The van der Waals surface area contributed by atoms with Crippen molar-refractivity contribution < 1.29 is 14.5 Å². The number of nitro groups is 1. The van der Waals surface area contributed by atoms with E-state index < -0.39 is 0 Å². The molecule has 7 nitrogen and oxygen atoms in total. The lowest BCUT2D eigenvalue weighted by molar-refractivity contribution is -0.385. The highest BCUT2D eigenvalue weighted by atomic mass is 16.6. The van der Waals surface area contributed by atoms with E-state index in [2.05, 4.69) is 0 Å². The number of allylic oxidation sites excluding steroid dienone is 2. The Morgan fingerprint density at radius 1 is 1.27 bits per heavy atom. The summed E-state index contributed by atoms with van der Waals surface area (Å²) in [6.07, 6.45) is 3.28. The molecule has 0 amide bonds. The van der Waals surface area contributed by atoms with Crippen molar-refractivity contribution in [3.63, 3.8) is 0 Å². The second-order valence-electron chi connectivity index (χ2n) is 7.69. The van der Waals surface area contributed by atoms with Crippen LogP contribution in [0.5, 0.6) is 5.75 Å². The third kappa shape index (κ3) is 3.47. The SMILES string of the molecule is COc1ccc2c(c1)CCC1C2=NN(/C(C)=C/C(C)=O)C1c1cccc([N+](=O)[O-])c1. The highest BCUT2D eigenvalue weighted by molar-refractivity contribution is 6.06. The van der Waals surface area contributed by atoms with Crippen molar-refractivity contribution in [2.45, 2.75) is 32.7 Å². The van der Waals surface area contributed by atoms with Gasteiger partial charge in [0.25, 0.3) is 5.69 Å². The van der Waals surface area contributed by atoms with Crippen LogP contribution in [0.4, 0.5) is 5.69 Å². The van der Waals surface area contributed by atoms with Crippen LogP contribution in [-0.4, -0.2) is 28.5 Å². The van der Waals surface area contributed by atoms with Crippen molar-refractivity contribution in [1.82, 2.24) is 5.01 Å². The molecule has 7 heteroatoms. The maximum atomic E-state index is 11.7. The first-order valence-corrected chi connectivity index (χ1v) is 9.87. The first-order valence-electron chi connectivity index (χ1n) is 9.87. The number of non-ortho nitro benzene ring substituents is 1. The number of nitrogens with zero attached hydrogens (tertiary/aromatic N) is 3. The number of benzene rings is 2. The summed E-state index contributed by atoms with van der Waals surface area (Å²) < 4.78 is 5.36. The average molecular weight is 405 g/mol. The Hall–Kier alpha value is -3.48. The monoisotopic (exact) mass is 405 g/mol. The molecule has 2 aliphatic rings. The van der Waals surface area contributed by atoms with E-state index in [1.807, 2.05) is 36.2 Å². The van der Waals surface area contributed by atoms with E-state index in [-0.39, 0.29) is 28.4 Å². The molecular weight excluding hydrogens is 382 g/mol. The minimum absolute atomic E-state index is 0.0510. The molecule has 30 heavy (non-hydrogen) atoms. The molecule has 0 saturated heterocycles. The highest BCUT2D eigenvalue weighted by Gasteiger charge is 2.42. The van der Waals surface area contributed by atoms with Gasteiger partial charge in [-0.3, -0.25) is 19.9 Å². The van der Waals surface area contributed by atoms with Crippen LogP contribution in [0.2, 0.25) is 0 Å². The number of nitro benzene ring substituents is 1. The van der Waals surface area contributed by atoms with E-state index >= 15 is 0 Å². The zero-order valence-electron chi connectivity index (χ0n) is 17.2. The summed E-state index contributed by atoms with van der Waals surface area (Å²) in [4.78, 5) is 22.7. The van der Waals surface area contributed by atoms with Gasteiger partial charge in [-0.1, -0.05) is 12.1 Å². The van der Waals surface area contributed by atoms with Crippen LogP contribution in [0.25, 0.3) is 0 Å². The van der Waals surface area contributed by atoms with Crippen LogP contribution >= 0.6 is 0 Å². The Labute approximate surface area is 174 Å². The number of ketones is 1. The maximum Gasteiger partial charge on any atom is 0.269 e. The molecule has 0 radical (unpaired) electrons. The number of ether oxygens (including phenoxy) is 1. The largest absolute Gasteiger partial charge is 0.497 e. The summed E-state index contributed by atoms with van der Waals surface area (Å²) in [6.45, 7) is 3.35. The number of methoxy groups -OCH3 is 1. The molecule has 2 unspecified atom stereocenters. The first kappa shape index (κ1) is 19.8. The van der Waals surface area contributed by atoms with Gasteiger partial charge < -0.3 is 4.74 Å². The normalized spacial score (nSPS) is 20.3. The summed E-state index contributed by atoms with van der Waals surface area (Å²) in [5.41, 5.74) is 4.79. The molecule has 0 saturated carbocycles. The van der Waals surface area contributed by atoms with Gasteiger partial charge in [-0.25, -0.2) is 0 Å². The molecule has 2 aromatic carbocycles. The van der Waals surface area contributed by atoms with Crippen LogP contribution < -0.4 is 4.74 Å². The maximum absolute atomic E-state index is 11.7. The molecule has 0 fully saturated rings. The molecular formula is C23H23N3O4. The van der Waals surface area contributed by atoms with E-state index in [4.69, 9.17) is 9.84 Å². The number of carbonyl (C=O) groups excluding carboxylic acids is 1. The van der Waals surface area contributed by atoms with Gasteiger partial charge in [0.1, 0.15) is 5.75 Å². The van der Waals surface area contributed by atoms with Crippen LogP contribution in [0, 0.1) is 16.0 Å². The Morgan fingerprint density at radius 3 is 2.77 bits per heavy atom. The predicted octanol–water partition coefficient (Wildman–Crippen LogP) is 4.42. The number of hydrogen-bond acceptors (Lipinski definition) is 6. The molecule has 1 aliphatic carbocycles. The van der Waals surface area contributed by atoms with E-state index in [0.717, 1.165) is 41.1 Å². The van der Waals surface area contributed by atoms with Crippen LogP contribution in [-0.2, 0) is 11.2 Å². The van der Waals surface area contributed by atoms with E-state index in [1.165, 1.54) is 18.6 Å². The summed E-state index contributed by atoms with van der Waals surface area (Å²) >= 11 is 0. The Morgan fingerprint density at radius 2 is 2.07 bits per heavy atom. The van der Waals surface area contributed by atoms with Gasteiger partial charge >= 0.3 is 0 Å². The number of rotatable bonds is 5. The second-order valence-corrected chi connectivity index (χ2v) is 7.69. The molecule has 2 aromatic rings. The van der Waals surface area contributed by atoms with Crippen LogP contribution in [0.3, 0.4) is 0 Å². The van der Waals surface area contributed by atoms with Gasteiger partial charge in [0.05, 0.1) is 23.8 Å². The van der Waals surface area contributed by atoms with Gasteiger partial charge in [0.2, 0.25) is 0 Å². The van der Waals surface area contributed by atoms with E-state index in [1.54, 1.807) is 25.3 Å². The second kappa shape index (κ2) is 7.74. The Kier molecular flexibility index (Phi) is 5.11. The fourth-order valence-corrected chi connectivity index (χ4v) is 4.44. The standard InChI is InChI=1S/C23H23N3O4/c1-14(11-15(2)27)25-23(17-5-4-6-18(12-17)26(28)29)21-9-7-16-13-19(30-3)8-10-20(16)22(21)24-25/h4-6,8,10-13,21,23H,7,9H2,1-3H3/b14-11+. The van der Waals surface area contributed by atoms with Gasteiger partial charge in [0, 0.05) is 35.4 Å². The zero-order chi connectivity index (χ0) is 21.4. The lowest BCUT2D eigenvalue weighted by Crippen LogP contribution is -2.28. The predicted molar refractivity (Wildman–Crippen MR) is 113 cm³/mol. The van der Waals surface area contributed by atoms with Gasteiger partial charge in [0.15, 0.2) is 5.78 Å². The number of hydrazone groups is 1. The quantitative estimate of drug-likeness (QED) is 0.418. The third-order valence-electron chi connectivity index (χ3n) is 5.72. The lowest BCUT2D eigenvalue weighted by Gasteiger charge is -2.31. The third-order valence-corrected chi connectivity index (χ3v) is 5.72. The van der Waals surface area contributed by atoms with Crippen molar-refractivity contribution in [3.05, 3.63) is 81.0 Å². The minimum Gasteiger partial charge on any atom is -0.497 e. The van der Waals surface area contributed by atoms with E-state index in [0.29, 0.717) is 0 Å².